The van der Waals surface area contributed by atoms with Gasteiger partial charge in [0.2, 0.25) is 5.88 Å². The number of amides is 1. The Morgan fingerprint density at radius 1 is 1.37 bits per heavy atom. The zero-order valence-electron chi connectivity index (χ0n) is 19.8. The monoisotopic (exact) mass is 522 g/mol. The fourth-order valence-electron chi connectivity index (χ4n) is 3.67. The SMILES string of the molecule is C[C@H](c1cccnc1NC(=O)OC(C)(C)C)N1CCOc2nc(Cl)c(F)c3nc([S+](C)[O-])nc1c23. The average molecular weight is 523 g/mol. The van der Waals surface area contributed by atoms with Gasteiger partial charge in [-0.25, -0.2) is 14.2 Å². The van der Waals surface area contributed by atoms with Crippen molar-refractivity contribution >= 4 is 51.4 Å². The largest absolute Gasteiger partial charge is 0.609 e. The van der Waals surface area contributed by atoms with Crippen LogP contribution in [-0.2, 0) is 15.9 Å². The summed E-state index contributed by atoms with van der Waals surface area (Å²) in [5.41, 5.74) is -0.170. The number of pyridine rings is 2. The minimum atomic E-state index is -1.60. The van der Waals surface area contributed by atoms with Crippen molar-refractivity contribution in [1.82, 2.24) is 19.9 Å². The number of nitrogens with zero attached hydrogens (tertiary/aromatic N) is 5. The molecular formula is C22H24ClFN6O4S. The Morgan fingerprint density at radius 2 is 2.11 bits per heavy atom. The van der Waals surface area contributed by atoms with Gasteiger partial charge in [0.15, 0.2) is 16.8 Å². The molecule has 1 unspecified atom stereocenters. The molecule has 0 spiro atoms. The lowest BCUT2D eigenvalue weighted by Gasteiger charge is -2.30. The van der Waals surface area contributed by atoms with Gasteiger partial charge >= 0.3 is 11.2 Å². The third-order valence-electron chi connectivity index (χ3n) is 5.15. The van der Waals surface area contributed by atoms with Crippen molar-refractivity contribution < 1.29 is 23.2 Å². The molecule has 0 saturated heterocycles. The molecule has 3 aromatic heterocycles. The van der Waals surface area contributed by atoms with Gasteiger partial charge in [0.1, 0.15) is 35.2 Å². The number of hydrogen-bond donors (Lipinski definition) is 1. The van der Waals surface area contributed by atoms with Crippen LogP contribution in [0.1, 0.15) is 39.3 Å². The fraction of sp³-hybridized carbons (Fsp3) is 0.409. The minimum Gasteiger partial charge on any atom is -0.609 e. The first-order valence-electron chi connectivity index (χ1n) is 10.7. The standard InChI is InChI=1S/C22H24ClFN6O4S/c1-11(12-7-6-8-25-17(12)28-21(31)34-22(2,3)4)30-9-10-33-19-13-15(14(24)16(23)27-19)26-20(35(5)32)29-18(13)30/h6-8,11H,9-10H2,1-5H3,(H,25,28,31)/t11-,35?/m1/s1. The highest BCUT2D eigenvalue weighted by Crippen LogP contribution is 2.40. The van der Waals surface area contributed by atoms with E-state index in [4.69, 9.17) is 21.1 Å². The summed E-state index contributed by atoms with van der Waals surface area (Å²) in [4.78, 5) is 31.2. The van der Waals surface area contributed by atoms with E-state index in [1.165, 1.54) is 6.26 Å². The van der Waals surface area contributed by atoms with Crippen LogP contribution in [0.4, 0.5) is 20.8 Å². The van der Waals surface area contributed by atoms with E-state index < -0.39 is 39.9 Å². The van der Waals surface area contributed by atoms with Crippen LogP contribution in [0, 0.1) is 5.82 Å². The quantitative estimate of drug-likeness (QED) is 0.304. The molecule has 1 amide bonds. The Balaban J connectivity index is 1.82. The normalized spacial score (nSPS) is 15.3. The molecule has 3 aromatic rings. The molecule has 0 aromatic carbocycles. The van der Waals surface area contributed by atoms with Gasteiger partial charge in [-0.05, 0) is 33.8 Å². The van der Waals surface area contributed by atoms with Crippen molar-refractivity contribution in [2.45, 2.75) is 44.5 Å². The van der Waals surface area contributed by atoms with Gasteiger partial charge in [-0.2, -0.15) is 15.0 Å². The van der Waals surface area contributed by atoms with E-state index in [1.807, 2.05) is 11.8 Å². The number of nitrogens with one attached hydrogen (secondary N) is 1. The first-order chi connectivity index (χ1) is 16.5. The van der Waals surface area contributed by atoms with E-state index >= 15 is 0 Å². The van der Waals surface area contributed by atoms with E-state index in [-0.39, 0.29) is 34.4 Å². The van der Waals surface area contributed by atoms with E-state index in [0.29, 0.717) is 17.9 Å². The lowest BCUT2D eigenvalue weighted by Crippen LogP contribution is -2.32. The number of rotatable bonds is 4. The van der Waals surface area contributed by atoms with Gasteiger partial charge in [-0.1, -0.05) is 17.7 Å². The van der Waals surface area contributed by atoms with Gasteiger partial charge in [-0.15, -0.1) is 0 Å². The zero-order valence-corrected chi connectivity index (χ0v) is 21.3. The second-order valence-electron chi connectivity index (χ2n) is 8.82. The number of anilines is 2. The smallest absolute Gasteiger partial charge is 0.413 e. The molecule has 4 heterocycles. The molecule has 4 rings (SSSR count). The predicted octanol–water partition coefficient (Wildman–Crippen LogP) is 4.26. The second-order valence-corrected chi connectivity index (χ2v) is 10.4. The van der Waals surface area contributed by atoms with Crippen molar-refractivity contribution in [2.24, 2.45) is 0 Å². The second kappa shape index (κ2) is 9.59. The molecule has 0 bridgehead atoms. The lowest BCUT2D eigenvalue weighted by atomic mass is 10.1. The lowest BCUT2D eigenvalue weighted by molar-refractivity contribution is 0.0635. The molecule has 0 radical (unpaired) electrons. The van der Waals surface area contributed by atoms with Crippen molar-refractivity contribution in [3.05, 3.63) is 34.9 Å². The fourth-order valence-corrected chi connectivity index (χ4v) is 4.27. The first-order valence-corrected chi connectivity index (χ1v) is 12.6. The topological polar surface area (TPSA) is 125 Å². The number of aromatic nitrogens is 4. The molecule has 2 atom stereocenters. The molecular weight excluding hydrogens is 499 g/mol. The maximum atomic E-state index is 15.0. The third kappa shape index (κ3) is 5.19. The van der Waals surface area contributed by atoms with Crippen LogP contribution in [0.15, 0.2) is 23.5 Å². The average Bonchev–Trinajstić information content (AvgIpc) is 2.95. The minimum absolute atomic E-state index is 0.0583. The van der Waals surface area contributed by atoms with Crippen LogP contribution >= 0.6 is 11.6 Å². The number of ether oxygens (including phenoxy) is 2. The maximum Gasteiger partial charge on any atom is 0.413 e. The highest BCUT2D eigenvalue weighted by atomic mass is 35.5. The zero-order chi connectivity index (χ0) is 25.5. The van der Waals surface area contributed by atoms with Crippen LogP contribution < -0.4 is 15.0 Å². The van der Waals surface area contributed by atoms with E-state index in [1.54, 1.807) is 39.1 Å². The predicted molar refractivity (Wildman–Crippen MR) is 130 cm³/mol. The number of carbonyl (C=O) groups excluding carboxylic acids is 1. The molecule has 0 saturated carbocycles. The summed E-state index contributed by atoms with van der Waals surface area (Å²) in [7, 11) is 0. The Hall–Kier alpha value is -2.96. The Bertz CT molecular complexity index is 1290. The van der Waals surface area contributed by atoms with Crippen molar-refractivity contribution in [1.29, 1.82) is 0 Å². The summed E-state index contributed by atoms with van der Waals surface area (Å²) in [5.74, 6) is -0.185. The van der Waals surface area contributed by atoms with E-state index in [2.05, 4.69) is 25.3 Å². The summed E-state index contributed by atoms with van der Waals surface area (Å²) >= 11 is 4.37. The van der Waals surface area contributed by atoms with Crippen LogP contribution in [0.2, 0.25) is 5.15 Å². The van der Waals surface area contributed by atoms with Crippen molar-refractivity contribution in [2.75, 3.05) is 29.6 Å². The Morgan fingerprint density at radius 3 is 2.80 bits per heavy atom. The molecule has 10 nitrogen and oxygen atoms in total. The van der Waals surface area contributed by atoms with Gasteiger partial charge < -0.3 is 18.9 Å². The van der Waals surface area contributed by atoms with Gasteiger partial charge in [0.25, 0.3) is 0 Å². The van der Waals surface area contributed by atoms with Crippen LogP contribution in [0.5, 0.6) is 5.88 Å². The summed E-state index contributed by atoms with van der Waals surface area (Å²) in [5, 5.41) is 2.45. The first kappa shape index (κ1) is 25.1. The highest BCUT2D eigenvalue weighted by molar-refractivity contribution is 7.90. The third-order valence-corrected chi connectivity index (χ3v) is 6.10. The molecule has 13 heteroatoms. The van der Waals surface area contributed by atoms with E-state index in [9.17, 15) is 13.7 Å². The summed E-state index contributed by atoms with van der Waals surface area (Å²) < 4.78 is 38.4. The Labute approximate surface area is 209 Å². The molecule has 1 N–H and O–H groups in total. The number of hydrogen-bond acceptors (Lipinski definition) is 9. The van der Waals surface area contributed by atoms with Crippen LogP contribution in [0.3, 0.4) is 0 Å². The van der Waals surface area contributed by atoms with Gasteiger partial charge in [-0.3, -0.25) is 5.32 Å². The van der Waals surface area contributed by atoms with Gasteiger partial charge in [0, 0.05) is 22.9 Å². The summed E-state index contributed by atoms with van der Waals surface area (Å²) in [6.45, 7) is 7.66. The molecule has 186 valence electrons. The van der Waals surface area contributed by atoms with Crippen LogP contribution in [0.25, 0.3) is 10.9 Å². The highest BCUT2D eigenvalue weighted by Gasteiger charge is 2.32. The maximum absolute atomic E-state index is 15.0. The van der Waals surface area contributed by atoms with Crippen molar-refractivity contribution in [3.63, 3.8) is 0 Å². The molecule has 1 aliphatic heterocycles. The Kier molecular flexibility index (Phi) is 6.89. The van der Waals surface area contributed by atoms with E-state index in [0.717, 1.165) is 0 Å². The number of carbonyl (C=O) groups is 1. The molecule has 35 heavy (non-hydrogen) atoms. The van der Waals surface area contributed by atoms with Gasteiger partial charge in [0.05, 0.1) is 12.6 Å². The number of halogens is 2. The molecule has 1 aliphatic rings. The summed E-state index contributed by atoms with van der Waals surface area (Å²) in [6.07, 6.45) is 2.30. The molecule has 0 fully saturated rings. The summed E-state index contributed by atoms with van der Waals surface area (Å²) in [6, 6.07) is 3.10. The van der Waals surface area contributed by atoms with Crippen molar-refractivity contribution in [3.8, 4) is 5.88 Å². The molecule has 0 aliphatic carbocycles. The van der Waals surface area contributed by atoms with Crippen LogP contribution in [-0.4, -0.2) is 55.6 Å².